The van der Waals surface area contributed by atoms with Gasteiger partial charge < -0.3 is 24.5 Å². The molecule has 2 heterocycles. The number of carbonyl (C=O) groups excluding carboxylic acids is 1. The molecule has 26 heavy (non-hydrogen) atoms. The van der Waals surface area contributed by atoms with Gasteiger partial charge >= 0.3 is 6.03 Å². The lowest BCUT2D eigenvalue weighted by molar-refractivity contribution is 0.171. The quantitative estimate of drug-likeness (QED) is 0.855. The van der Waals surface area contributed by atoms with Gasteiger partial charge in [0.15, 0.2) is 11.5 Å². The van der Waals surface area contributed by atoms with Crippen molar-refractivity contribution in [1.29, 1.82) is 0 Å². The molecule has 1 aliphatic rings. The Hall–Kier alpha value is -2.63. The molecular formula is C20H26N2O4. The first-order valence-corrected chi connectivity index (χ1v) is 8.86. The number of ether oxygens (including phenoxy) is 2. The highest BCUT2D eigenvalue weighted by atomic mass is 16.6. The molecule has 0 aliphatic carbocycles. The zero-order chi connectivity index (χ0) is 18.7. The Balaban J connectivity index is 1.58. The van der Waals surface area contributed by atoms with E-state index in [-0.39, 0.29) is 17.5 Å². The lowest BCUT2D eigenvalue weighted by Crippen LogP contribution is -2.43. The summed E-state index contributed by atoms with van der Waals surface area (Å²) in [7, 11) is 0. The van der Waals surface area contributed by atoms with Gasteiger partial charge in [-0.1, -0.05) is 19.9 Å². The van der Waals surface area contributed by atoms with Crippen molar-refractivity contribution >= 4 is 6.03 Å². The molecule has 0 saturated carbocycles. The second-order valence-electron chi connectivity index (χ2n) is 7.24. The normalized spacial score (nSPS) is 14.6. The first kappa shape index (κ1) is 18.2. The monoisotopic (exact) mass is 358 g/mol. The Morgan fingerprint density at radius 1 is 1.15 bits per heavy atom. The van der Waals surface area contributed by atoms with Gasteiger partial charge in [0.2, 0.25) is 0 Å². The summed E-state index contributed by atoms with van der Waals surface area (Å²) in [6, 6.07) is 9.27. The first-order chi connectivity index (χ1) is 12.3. The van der Waals surface area contributed by atoms with Gasteiger partial charge in [0.1, 0.15) is 24.7 Å². The van der Waals surface area contributed by atoms with Crippen LogP contribution in [-0.2, 0) is 5.41 Å². The van der Waals surface area contributed by atoms with E-state index in [0.717, 1.165) is 28.6 Å². The molecule has 3 rings (SSSR count). The third-order valence-electron chi connectivity index (χ3n) is 4.55. The third kappa shape index (κ3) is 4.12. The van der Waals surface area contributed by atoms with Crippen LogP contribution in [-0.4, -0.2) is 25.8 Å². The van der Waals surface area contributed by atoms with E-state index in [1.807, 2.05) is 44.2 Å². The van der Waals surface area contributed by atoms with Crippen LogP contribution in [0.15, 0.2) is 34.7 Å². The minimum absolute atomic E-state index is 0.193. The second-order valence-corrected chi connectivity index (χ2v) is 7.24. The Morgan fingerprint density at radius 3 is 2.58 bits per heavy atom. The van der Waals surface area contributed by atoms with Gasteiger partial charge in [-0.2, -0.15) is 0 Å². The zero-order valence-corrected chi connectivity index (χ0v) is 15.7. The van der Waals surface area contributed by atoms with E-state index in [0.29, 0.717) is 19.8 Å². The molecule has 0 fully saturated rings. The number of amides is 2. The fraction of sp³-hybridized carbons (Fsp3) is 0.450. The predicted octanol–water partition coefficient (Wildman–Crippen LogP) is 3.70. The number of benzene rings is 1. The van der Waals surface area contributed by atoms with E-state index < -0.39 is 0 Å². The summed E-state index contributed by atoms with van der Waals surface area (Å²) in [4.78, 5) is 12.2. The second kappa shape index (κ2) is 7.32. The highest BCUT2D eigenvalue weighted by Crippen LogP contribution is 2.34. The molecule has 1 aromatic heterocycles. The van der Waals surface area contributed by atoms with Gasteiger partial charge in [-0.05, 0) is 43.7 Å². The van der Waals surface area contributed by atoms with Crippen molar-refractivity contribution in [3.05, 3.63) is 47.4 Å². The average molecular weight is 358 g/mol. The van der Waals surface area contributed by atoms with Crippen LogP contribution in [0, 0.1) is 6.92 Å². The van der Waals surface area contributed by atoms with E-state index in [2.05, 4.69) is 24.5 Å². The van der Waals surface area contributed by atoms with Crippen LogP contribution in [0.25, 0.3) is 0 Å². The van der Waals surface area contributed by atoms with Crippen LogP contribution in [0.5, 0.6) is 11.5 Å². The highest BCUT2D eigenvalue weighted by molar-refractivity contribution is 5.74. The molecule has 1 aromatic carbocycles. The third-order valence-corrected chi connectivity index (χ3v) is 4.55. The molecule has 0 spiro atoms. The molecule has 6 nitrogen and oxygen atoms in total. The lowest BCUT2D eigenvalue weighted by Gasteiger charge is -2.28. The molecule has 2 amide bonds. The Kier molecular flexibility index (Phi) is 5.11. The van der Waals surface area contributed by atoms with Crippen LogP contribution in [0.2, 0.25) is 0 Å². The summed E-state index contributed by atoms with van der Waals surface area (Å²) >= 11 is 0. The molecule has 2 aromatic rings. The molecule has 6 heteroatoms. The molecule has 2 N–H and O–H groups in total. The van der Waals surface area contributed by atoms with Crippen LogP contribution in [0.3, 0.4) is 0 Å². The maximum atomic E-state index is 12.2. The minimum Gasteiger partial charge on any atom is -0.486 e. The molecular weight excluding hydrogens is 332 g/mol. The Labute approximate surface area is 153 Å². The topological polar surface area (TPSA) is 72.7 Å². The number of fused-ring (bicyclic) bond motifs is 1. The average Bonchev–Trinajstić information content (AvgIpc) is 3.06. The molecule has 1 aliphatic heterocycles. The maximum Gasteiger partial charge on any atom is 0.315 e. The molecule has 0 radical (unpaired) electrons. The van der Waals surface area contributed by atoms with Gasteiger partial charge in [-0.3, -0.25) is 0 Å². The number of hydrogen-bond acceptors (Lipinski definition) is 4. The van der Waals surface area contributed by atoms with Crippen molar-refractivity contribution in [3.63, 3.8) is 0 Å². The van der Waals surface area contributed by atoms with Crippen LogP contribution < -0.4 is 20.1 Å². The van der Waals surface area contributed by atoms with E-state index >= 15 is 0 Å². The number of nitrogens with one attached hydrogen (secondary N) is 2. The molecule has 1 atom stereocenters. The minimum atomic E-state index is -0.252. The van der Waals surface area contributed by atoms with Crippen molar-refractivity contribution in [2.45, 2.75) is 39.2 Å². The summed E-state index contributed by atoms with van der Waals surface area (Å²) in [6.07, 6.45) is 0. The van der Waals surface area contributed by atoms with Crippen LogP contribution in [0.4, 0.5) is 4.79 Å². The Bertz CT molecular complexity index is 782. The number of carbonyl (C=O) groups is 1. The van der Waals surface area contributed by atoms with Gasteiger partial charge in [0.25, 0.3) is 0 Å². The Morgan fingerprint density at radius 2 is 1.88 bits per heavy atom. The lowest BCUT2D eigenvalue weighted by atomic mass is 9.84. The molecule has 140 valence electrons. The molecule has 1 unspecified atom stereocenters. The highest BCUT2D eigenvalue weighted by Gasteiger charge is 2.24. The van der Waals surface area contributed by atoms with E-state index in [1.54, 1.807) is 0 Å². The standard InChI is InChI=1S/C20H26N2O4/c1-13-5-7-16(26-13)14(2)22-19(23)21-12-20(3,4)15-6-8-17-18(11-15)25-10-9-24-17/h5-8,11,14H,9-10,12H2,1-4H3,(H2,21,22,23). The van der Waals surface area contributed by atoms with Crippen molar-refractivity contribution in [1.82, 2.24) is 10.6 Å². The smallest absolute Gasteiger partial charge is 0.315 e. The fourth-order valence-electron chi connectivity index (χ4n) is 2.87. The van der Waals surface area contributed by atoms with Crippen molar-refractivity contribution in [3.8, 4) is 11.5 Å². The van der Waals surface area contributed by atoms with Crippen LogP contribution >= 0.6 is 0 Å². The largest absolute Gasteiger partial charge is 0.486 e. The number of rotatable bonds is 5. The summed E-state index contributed by atoms with van der Waals surface area (Å²) < 4.78 is 16.8. The van der Waals surface area contributed by atoms with E-state index in [9.17, 15) is 4.79 Å². The van der Waals surface area contributed by atoms with Gasteiger partial charge in [0, 0.05) is 12.0 Å². The number of aryl methyl sites for hydroxylation is 1. The van der Waals surface area contributed by atoms with Crippen molar-refractivity contribution < 1.29 is 18.7 Å². The summed E-state index contributed by atoms with van der Waals surface area (Å²) in [6.45, 7) is 9.56. The molecule has 0 saturated heterocycles. The van der Waals surface area contributed by atoms with Gasteiger partial charge in [-0.15, -0.1) is 0 Å². The SMILES string of the molecule is Cc1ccc(C(C)NC(=O)NCC(C)(C)c2ccc3c(c2)OCCO3)o1. The molecule has 0 bridgehead atoms. The number of urea groups is 1. The van der Waals surface area contributed by atoms with Crippen molar-refractivity contribution in [2.24, 2.45) is 0 Å². The summed E-state index contributed by atoms with van der Waals surface area (Å²) in [5.41, 5.74) is 0.828. The summed E-state index contributed by atoms with van der Waals surface area (Å²) in [5.74, 6) is 3.09. The van der Waals surface area contributed by atoms with Gasteiger partial charge in [0.05, 0.1) is 6.04 Å². The van der Waals surface area contributed by atoms with Crippen LogP contribution in [0.1, 0.15) is 43.9 Å². The predicted molar refractivity (Wildman–Crippen MR) is 98.9 cm³/mol. The first-order valence-electron chi connectivity index (χ1n) is 8.86. The number of hydrogen-bond donors (Lipinski definition) is 2. The fourth-order valence-corrected chi connectivity index (χ4v) is 2.87. The zero-order valence-electron chi connectivity index (χ0n) is 15.7. The van der Waals surface area contributed by atoms with Crippen molar-refractivity contribution in [2.75, 3.05) is 19.8 Å². The van der Waals surface area contributed by atoms with Gasteiger partial charge in [-0.25, -0.2) is 4.79 Å². The van der Waals surface area contributed by atoms with E-state index in [4.69, 9.17) is 13.9 Å². The van der Waals surface area contributed by atoms with E-state index in [1.165, 1.54) is 0 Å². The maximum absolute atomic E-state index is 12.2. The summed E-state index contributed by atoms with van der Waals surface area (Å²) in [5, 5.41) is 5.84. The number of furan rings is 1.